The van der Waals surface area contributed by atoms with Crippen LogP contribution in [0.25, 0.3) is 11.3 Å². The molecule has 0 spiro atoms. The van der Waals surface area contributed by atoms with Gasteiger partial charge >= 0.3 is 0 Å². The van der Waals surface area contributed by atoms with Gasteiger partial charge in [-0.3, -0.25) is 10.1 Å². The molecule has 0 saturated heterocycles. The molecule has 19 heavy (non-hydrogen) atoms. The first-order valence-corrected chi connectivity index (χ1v) is 6.59. The average molecular weight is 279 g/mol. The number of hydrogen-bond acceptors (Lipinski definition) is 6. The van der Waals surface area contributed by atoms with Crippen LogP contribution in [0.1, 0.15) is 11.9 Å². The van der Waals surface area contributed by atoms with Gasteiger partial charge in [0.25, 0.3) is 5.69 Å². The van der Waals surface area contributed by atoms with Crippen LogP contribution < -0.4 is 10.5 Å². The number of nitrogens with zero attached hydrogens (tertiary/aromatic N) is 2. The van der Waals surface area contributed by atoms with E-state index in [1.54, 1.807) is 6.07 Å². The summed E-state index contributed by atoms with van der Waals surface area (Å²) in [5, 5.41) is 13.4. The Labute approximate surface area is 114 Å². The summed E-state index contributed by atoms with van der Waals surface area (Å²) in [6.45, 7) is 2.69. The highest BCUT2D eigenvalue weighted by Crippen LogP contribution is 2.34. The van der Waals surface area contributed by atoms with Crippen molar-refractivity contribution in [2.24, 2.45) is 5.73 Å². The fraction of sp³-hybridized carbons (Fsp3) is 0.250. The number of benzene rings is 1. The van der Waals surface area contributed by atoms with Gasteiger partial charge in [-0.1, -0.05) is 0 Å². The topological polar surface area (TPSA) is 91.3 Å². The minimum absolute atomic E-state index is 0.0146. The molecule has 2 N–H and O–H groups in total. The first kappa shape index (κ1) is 13.4. The zero-order valence-electron chi connectivity index (χ0n) is 10.3. The Kier molecular flexibility index (Phi) is 4.08. The van der Waals surface area contributed by atoms with E-state index in [1.165, 1.54) is 23.5 Å². The quantitative estimate of drug-likeness (QED) is 0.671. The molecule has 1 heterocycles. The third kappa shape index (κ3) is 2.88. The maximum Gasteiger partial charge on any atom is 0.270 e. The Morgan fingerprint density at radius 1 is 1.53 bits per heavy atom. The van der Waals surface area contributed by atoms with Crippen molar-refractivity contribution in [1.29, 1.82) is 0 Å². The average Bonchev–Trinajstić information content (AvgIpc) is 2.88. The molecule has 0 saturated carbocycles. The fourth-order valence-corrected chi connectivity index (χ4v) is 2.32. The standard InChI is InChI=1S/C12H13N3O3S/c1-2-18-11-4-3-8(15(16)17)5-9(11)10-7-19-12(6-13)14-10/h3-5,7H,2,6,13H2,1H3. The van der Waals surface area contributed by atoms with Gasteiger partial charge in [-0.25, -0.2) is 4.98 Å². The lowest BCUT2D eigenvalue weighted by Gasteiger charge is -2.08. The van der Waals surface area contributed by atoms with Gasteiger partial charge in [0, 0.05) is 29.6 Å². The van der Waals surface area contributed by atoms with Crippen LogP contribution in [0.2, 0.25) is 0 Å². The molecule has 0 atom stereocenters. The summed E-state index contributed by atoms with van der Waals surface area (Å²) in [6, 6.07) is 4.49. The van der Waals surface area contributed by atoms with Crippen LogP contribution in [0.3, 0.4) is 0 Å². The maximum atomic E-state index is 10.8. The number of aromatic nitrogens is 1. The molecule has 0 aliphatic carbocycles. The molecule has 2 aromatic rings. The molecule has 7 heteroatoms. The first-order valence-electron chi connectivity index (χ1n) is 5.71. The van der Waals surface area contributed by atoms with Gasteiger partial charge in [0.2, 0.25) is 0 Å². The van der Waals surface area contributed by atoms with Gasteiger partial charge in [0.15, 0.2) is 0 Å². The lowest BCUT2D eigenvalue weighted by Crippen LogP contribution is -1.97. The van der Waals surface area contributed by atoms with E-state index in [9.17, 15) is 10.1 Å². The number of thiazole rings is 1. The van der Waals surface area contributed by atoms with E-state index in [1.807, 2.05) is 12.3 Å². The minimum atomic E-state index is -0.435. The van der Waals surface area contributed by atoms with E-state index >= 15 is 0 Å². The largest absolute Gasteiger partial charge is 0.493 e. The molecule has 2 rings (SSSR count). The summed E-state index contributed by atoms with van der Waals surface area (Å²) in [4.78, 5) is 14.7. The Morgan fingerprint density at radius 3 is 2.89 bits per heavy atom. The molecule has 6 nitrogen and oxygen atoms in total. The number of ether oxygens (including phenoxy) is 1. The smallest absolute Gasteiger partial charge is 0.270 e. The van der Waals surface area contributed by atoms with Crippen molar-refractivity contribution in [2.45, 2.75) is 13.5 Å². The van der Waals surface area contributed by atoms with Crippen LogP contribution in [0, 0.1) is 10.1 Å². The third-order valence-corrected chi connectivity index (χ3v) is 3.35. The summed E-state index contributed by atoms with van der Waals surface area (Å²) >= 11 is 1.42. The number of hydrogen-bond donors (Lipinski definition) is 1. The highest BCUT2D eigenvalue weighted by Gasteiger charge is 2.15. The van der Waals surface area contributed by atoms with E-state index in [-0.39, 0.29) is 5.69 Å². The molecule has 0 fully saturated rings. The summed E-state index contributed by atoms with van der Waals surface area (Å²) in [5.41, 5.74) is 6.81. The summed E-state index contributed by atoms with van der Waals surface area (Å²) in [7, 11) is 0. The number of non-ortho nitro benzene ring substituents is 1. The zero-order chi connectivity index (χ0) is 13.8. The molecule has 1 aromatic heterocycles. The van der Waals surface area contributed by atoms with Gasteiger partial charge in [-0.05, 0) is 13.0 Å². The third-order valence-electron chi connectivity index (χ3n) is 2.48. The number of nitrogens with two attached hydrogens (primary N) is 1. The molecule has 1 aromatic carbocycles. The molecular formula is C12H13N3O3S. The molecule has 0 aliphatic rings. The Hall–Kier alpha value is -1.99. The predicted molar refractivity (Wildman–Crippen MR) is 73.3 cm³/mol. The van der Waals surface area contributed by atoms with Crippen LogP contribution in [0.5, 0.6) is 5.75 Å². The van der Waals surface area contributed by atoms with E-state index < -0.39 is 4.92 Å². The molecule has 100 valence electrons. The molecule has 0 unspecified atom stereocenters. The van der Waals surface area contributed by atoms with Crippen molar-refractivity contribution in [1.82, 2.24) is 4.98 Å². The predicted octanol–water partition coefficient (Wildman–Crippen LogP) is 2.58. The van der Waals surface area contributed by atoms with E-state index in [0.29, 0.717) is 30.2 Å². The molecule has 0 amide bonds. The SMILES string of the molecule is CCOc1ccc([N+](=O)[O-])cc1-c1csc(CN)n1. The second-order valence-electron chi connectivity index (χ2n) is 3.70. The second kappa shape index (κ2) is 5.77. The van der Waals surface area contributed by atoms with Crippen LogP contribution in [-0.4, -0.2) is 16.5 Å². The van der Waals surface area contributed by atoms with Crippen LogP contribution in [-0.2, 0) is 6.54 Å². The number of nitro benzene ring substituents is 1. The molecule has 0 radical (unpaired) electrons. The monoisotopic (exact) mass is 279 g/mol. The van der Waals surface area contributed by atoms with Gasteiger partial charge in [0.1, 0.15) is 10.8 Å². The molecule has 0 bridgehead atoms. The second-order valence-corrected chi connectivity index (χ2v) is 4.64. The van der Waals surface area contributed by atoms with E-state index in [0.717, 1.165) is 5.01 Å². The van der Waals surface area contributed by atoms with Gasteiger partial charge < -0.3 is 10.5 Å². The summed E-state index contributed by atoms with van der Waals surface area (Å²) < 4.78 is 5.48. The van der Waals surface area contributed by atoms with Crippen molar-refractivity contribution in [3.63, 3.8) is 0 Å². The van der Waals surface area contributed by atoms with Crippen LogP contribution in [0.15, 0.2) is 23.6 Å². The van der Waals surface area contributed by atoms with Crippen molar-refractivity contribution < 1.29 is 9.66 Å². The number of rotatable bonds is 5. The van der Waals surface area contributed by atoms with E-state index in [4.69, 9.17) is 10.5 Å². The number of nitro groups is 1. The normalized spacial score (nSPS) is 10.4. The van der Waals surface area contributed by atoms with Gasteiger partial charge in [0.05, 0.1) is 17.2 Å². The minimum Gasteiger partial charge on any atom is -0.493 e. The summed E-state index contributed by atoms with van der Waals surface area (Å²) in [5.74, 6) is 0.585. The lowest BCUT2D eigenvalue weighted by molar-refractivity contribution is -0.384. The van der Waals surface area contributed by atoms with Crippen LogP contribution >= 0.6 is 11.3 Å². The van der Waals surface area contributed by atoms with Crippen molar-refractivity contribution >= 4 is 17.0 Å². The van der Waals surface area contributed by atoms with Crippen molar-refractivity contribution in [2.75, 3.05) is 6.61 Å². The van der Waals surface area contributed by atoms with Gasteiger partial charge in [-0.15, -0.1) is 11.3 Å². The maximum absolute atomic E-state index is 10.8. The lowest BCUT2D eigenvalue weighted by atomic mass is 10.1. The van der Waals surface area contributed by atoms with Gasteiger partial charge in [-0.2, -0.15) is 0 Å². The van der Waals surface area contributed by atoms with E-state index in [2.05, 4.69) is 4.98 Å². The zero-order valence-corrected chi connectivity index (χ0v) is 11.1. The fourth-order valence-electron chi connectivity index (χ4n) is 1.64. The molecular weight excluding hydrogens is 266 g/mol. The summed E-state index contributed by atoms with van der Waals surface area (Å²) in [6.07, 6.45) is 0. The Balaban J connectivity index is 2.50. The van der Waals surface area contributed by atoms with Crippen molar-refractivity contribution in [3.8, 4) is 17.0 Å². The van der Waals surface area contributed by atoms with Crippen LogP contribution in [0.4, 0.5) is 5.69 Å². The molecule has 0 aliphatic heterocycles. The van der Waals surface area contributed by atoms with Crippen molar-refractivity contribution in [3.05, 3.63) is 38.7 Å². The highest BCUT2D eigenvalue weighted by molar-refractivity contribution is 7.09. The first-order chi connectivity index (χ1) is 9.15. The Bertz CT molecular complexity index is 598. The Morgan fingerprint density at radius 2 is 2.32 bits per heavy atom. The highest BCUT2D eigenvalue weighted by atomic mass is 32.1.